The lowest BCUT2D eigenvalue weighted by Gasteiger charge is -2.27. The maximum atomic E-state index is 12.8. The maximum absolute atomic E-state index is 12.8. The molecule has 1 saturated heterocycles. The van der Waals surface area contributed by atoms with E-state index >= 15 is 0 Å². The van der Waals surface area contributed by atoms with Crippen molar-refractivity contribution >= 4 is 11.8 Å². The molecule has 1 aromatic carbocycles. The Morgan fingerprint density at radius 1 is 1.25 bits per heavy atom. The van der Waals surface area contributed by atoms with Crippen LogP contribution in [0.15, 0.2) is 47.1 Å². The van der Waals surface area contributed by atoms with Crippen LogP contribution in [0.1, 0.15) is 29.0 Å². The van der Waals surface area contributed by atoms with Gasteiger partial charge in [-0.15, -0.1) is 13.2 Å². The molecule has 2 aromatic rings. The molecule has 1 aliphatic heterocycles. The first-order valence-electron chi connectivity index (χ1n) is 8.69. The number of furan rings is 1. The second-order valence-electron chi connectivity index (χ2n) is 6.52. The van der Waals surface area contributed by atoms with Gasteiger partial charge in [0.05, 0.1) is 6.26 Å². The molecule has 0 radical (unpaired) electrons. The van der Waals surface area contributed by atoms with Crippen molar-refractivity contribution in [3.8, 4) is 5.75 Å². The Hall–Kier alpha value is -2.97. The van der Waals surface area contributed by atoms with Gasteiger partial charge in [-0.05, 0) is 42.7 Å². The molecule has 6 nitrogen and oxygen atoms in total. The van der Waals surface area contributed by atoms with E-state index in [4.69, 9.17) is 4.42 Å². The molecule has 1 aromatic heterocycles. The van der Waals surface area contributed by atoms with Crippen LogP contribution >= 0.6 is 0 Å². The summed E-state index contributed by atoms with van der Waals surface area (Å²) in [5, 5.41) is 0. The summed E-state index contributed by atoms with van der Waals surface area (Å²) in [4.78, 5) is 28.3. The minimum atomic E-state index is -4.75. The van der Waals surface area contributed by atoms with E-state index in [0.29, 0.717) is 24.9 Å². The van der Waals surface area contributed by atoms with Crippen molar-refractivity contribution in [3.63, 3.8) is 0 Å². The van der Waals surface area contributed by atoms with Crippen LogP contribution in [0.3, 0.4) is 0 Å². The number of hydrogen-bond acceptors (Lipinski definition) is 4. The van der Waals surface area contributed by atoms with Crippen LogP contribution in [0.2, 0.25) is 0 Å². The van der Waals surface area contributed by atoms with Crippen LogP contribution in [-0.4, -0.2) is 47.6 Å². The molecule has 1 atom stereocenters. The van der Waals surface area contributed by atoms with Gasteiger partial charge in [-0.1, -0.05) is 12.1 Å². The third-order valence-electron chi connectivity index (χ3n) is 4.48. The molecule has 2 amide bonds. The third-order valence-corrected chi connectivity index (χ3v) is 4.48. The van der Waals surface area contributed by atoms with Gasteiger partial charge in [0.2, 0.25) is 5.91 Å². The Kier molecular flexibility index (Phi) is 5.62. The van der Waals surface area contributed by atoms with Crippen molar-refractivity contribution < 1.29 is 31.9 Å². The first kappa shape index (κ1) is 19.8. The topological polar surface area (TPSA) is 63.0 Å². The summed E-state index contributed by atoms with van der Waals surface area (Å²) in [6.07, 6.45) is -2.09. The fraction of sp³-hybridized carbons (Fsp3) is 0.368. The molecule has 0 bridgehead atoms. The average Bonchev–Trinajstić information content (AvgIpc) is 3.32. The van der Waals surface area contributed by atoms with Crippen LogP contribution in [0.4, 0.5) is 13.2 Å². The van der Waals surface area contributed by atoms with Crippen molar-refractivity contribution in [2.75, 3.05) is 13.6 Å². The largest absolute Gasteiger partial charge is 0.573 e. The highest BCUT2D eigenvalue weighted by Gasteiger charge is 2.37. The second-order valence-corrected chi connectivity index (χ2v) is 6.52. The van der Waals surface area contributed by atoms with Crippen LogP contribution in [0, 0.1) is 0 Å². The third kappa shape index (κ3) is 4.65. The first-order chi connectivity index (χ1) is 13.2. The van der Waals surface area contributed by atoms with Crippen LogP contribution in [0.25, 0.3) is 0 Å². The summed E-state index contributed by atoms with van der Waals surface area (Å²) in [7, 11) is 1.59. The molecule has 28 heavy (non-hydrogen) atoms. The standard InChI is InChI=1S/C19H19F3N2O4/c1-23(12-13-6-8-14(9-7-13)28-19(20,21)22)17(25)15-4-2-10-24(15)18(26)16-5-3-11-27-16/h3,5-9,11,15H,2,4,10,12H2,1H3. The summed E-state index contributed by atoms with van der Waals surface area (Å²) in [6.45, 7) is 0.664. The van der Waals surface area contributed by atoms with Gasteiger partial charge in [0.1, 0.15) is 11.8 Å². The van der Waals surface area contributed by atoms with Gasteiger partial charge in [-0.25, -0.2) is 0 Å². The number of nitrogens with zero attached hydrogens (tertiary/aromatic N) is 2. The van der Waals surface area contributed by atoms with E-state index < -0.39 is 12.4 Å². The number of rotatable bonds is 5. The molecule has 0 aliphatic carbocycles. The van der Waals surface area contributed by atoms with Crippen molar-refractivity contribution in [1.82, 2.24) is 9.80 Å². The molecular formula is C19H19F3N2O4. The zero-order chi connectivity index (χ0) is 20.3. The highest BCUT2D eigenvalue weighted by Crippen LogP contribution is 2.24. The number of alkyl halides is 3. The molecule has 1 aliphatic rings. The van der Waals surface area contributed by atoms with Crippen LogP contribution < -0.4 is 4.74 Å². The predicted molar refractivity (Wildman–Crippen MR) is 92.4 cm³/mol. The fourth-order valence-electron chi connectivity index (χ4n) is 3.21. The van der Waals surface area contributed by atoms with Gasteiger partial charge in [0.25, 0.3) is 5.91 Å². The smallest absolute Gasteiger partial charge is 0.459 e. The molecular weight excluding hydrogens is 377 g/mol. The van der Waals surface area contributed by atoms with Crippen molar-refractivity contribution in [3.05, 3.63) is 54.0 Å². The number of carbonyl (C=O) groups excluding carboxylic acids is 2. The SMILES string of the molecule is CN(Cc1ccc(OC(F)(F)F)cc1)C(=O)C1CCCN1C(=O)c1ccco1. The Bertz CT molecular complexity index is 819. The molecule has 150 valence electrons. The number of carbonyl (C=O) groups is 2. The maximum Gasteiger partial charge on any atom is 0.573 e. The Labute approximate surface area is 159 Å². The molecule has 3 rings (SSSR count). The van der Waals surface area contributed by atoms with Crippen molar-refractivity contribution in [1.29, 1.82) is 0 Å². The average molecular weight is 396 g/mol. The van der Waals surface area contributed by atoms with Gasteiger partial charge >= 0.3 is 6.36 Å². The summed E-state index contributed by atoms with van der Waals surface area (Å²) in [5.74, 6) is -0.699. The number of benzene rings is 1. The number of likely N-dealkylation sites (N-methyl/N-ethyl adjacent to an activating group) is 1. The van der Waals surface area contributed by atoms with Gasteiger partial charge < -0.3 is 19.0 Å². The van der Waals surface area contributed by atoms with E-state index in [1.165, 1.54) is 40.3 Å². The zero-order valence-electron chi connectivity index (χ0n) is 15.1. The molecule has 9 heteroatoms. The van der Waals surface area contributed by atoms with E-state index in [0.717, 1.165) is 0 Å². The Balaban J connectivity index is 1.63. The van der Waals surface area contributed by atoms with E-state index in [-0.39, 0.29) is 29.9 Å². The lowest BCUT2D eigenvalue weighted by Crippen LogP contribution is -2.46. The van der Waals surface area contributed by atoms with Crippen molar-refractivity contribution in [2.45, 2.75) is 31.8 Å². The molecule has 1 fully saturated rings. The number of amides is 2. The van der Waals surface area contributed by atoms with Gasteiger partial charge in [-0.3, -0.25) is 9.59 Å². The normalized spacial score (nSPS) is 16.9. The van der Waals surface area contributed by atoms with Gasteiger partial charge in [0, 0.05) is 20.1 Å². The molecule has 0 N–H and O–H groups in total. The Morgan fingerprint density at radius 2 is 1.96 bits per heavy atom. The molecule has 2 heterocycles. The first-order valence-corrected chi connectivity index (χ1v) is 8.69. The fourth-order valence-corrected chi connectivity index (χ4v) is 3.21. The molecule has 0 spiro atoms. The summed E-state index contributed by atoms with van der Waals surface area (Å²) in [5.41, 5.74) is 0.646. The summed E-state index contributed by atoms with van der Waals surface area (Å²) in [6, 6.07) is 7.90. The van der Waals surface area contributed by atoms with Crippen molar-refractivity contribution in [2.24, 2.45) is 0 Å². The van der Waals surface area contributed by atoms with E-state index in [1.807, 2.05) is 0 Å². The summed E-state index contributed by atoms with van der Waals surface area (Å²) >= 11 is 0. The quantitative estimate of drug-likeness (QED) is 0.777. The molecule has 0 saturated carbocycles. The predicted octanol–water partition coefficient (Wildman–Crippen LogP) is 3.44. The van der Waals surface area contributed by atoms with E-state index in [2.05, 4.69) is 4.74 Å². The number of hydrogen-bond donors (Lipinski definition) is 0. The van der Waals surface area contributed by atoms with Gasteiger partial charge in [-0.2, -0.15) is 0 Å². The highest BCUT2D eigenvalue weighted by atomic mass is 19.4. The van der Waals surface area contributed by atoms with E-state index in [9.17, 15) is 22.8 Å². The second kappa shape index (κ2) is 7.95. The minimum Gasteiger partial charge on any atom is -0.459 e. The van der Waals surface area contributed by atoms with Crippen LogP contribution in [0.5, 0.6) is 5.75 Å². The zero-order valence-corrected chi connectivity index (χ0v) is 15.1. The van der Waals surface area contributed by atoms with Gasteiger partial charge in [0.15, 0.2) is 5.76 Å². The number of likely N-dealkylation sites (tertiary alicyclic amines) is 1. The molecule has 1 unspecified atom stereocenters. The summed E-state index contributed by atoms with van der Waals surface area (Å²) < 4.78 is 45.6. The minimum absolute atomic E-state index is 0.183. The Morgan fingerprint density at radius 3 is 2.57 bits per heavy atom. The van der Waals surface area contributed by atoms with Crippen LogP contribution in [-0.2, 0) is 11.3 Å². The highest BCUT2D eigenvalue weighted by molar-refractivity contribution is 5.95. The lowest BCUT2D eigenvalue weighted by atomic mass is 10.1. The number of halogens is 3. The van der Waals surface area contributed by atoms with E-state index in [1.54, 1.807) is 19.2 Å². The number of ether oxygens (including phenoxy) is 1. The monoisotopic (exact) mass is 396 g/mol. The lowest BCUT2D eigenvalue weighted by molar-refractivity contribution is -0.274.